The molecule has 41 heavy (non-hydrogen) atoms. The van der Waals surface area contributed by atoms with Crippen LogP contribution >= 0.6 is 11.9 Å². The minimum Gasteiger partial charge on any atom is -0.493 e. The normalized spacial score (nSPS) is 11.1. The van der Waals surface area contributed by atoms with Crippen molar-refractivity contribution in [3.63, 3.8) is 0 Å². The lowest BCUT2D eigenvalue weighted by Gasteiger charge is -2.25. The molecular formula is C35H36ClN3O2. The molecule has 0 saturated carbocycles. The summed E-state index contributed by atoms with van der Waals surface area (Å²) in [4.78, 5) is 7.77. The molecule has 0 radical (unpaired) electrons. The molecule has 0 aliphatic carbocycles. The number of aromatic nitrogens is 2. The van der Waals surface area contributed by atoms with Gasteiger partial charge < -0.3 is 13.6 Å². The average molecular weight is 566 g/mol. The van der Waals surface area contributed by atoms with Crippen molar-refractivity contribution in [3.05, 3.63) is 126 Å². The Morgan fingerprint density at radius 3 is 2.00 bits per heavy atom. The van der Waals surface area contributed by atoms with Crippen molar-refractivity contribution in [2.45, 2.75) is 45.9 Å². The minimum atomic E-state index is 0.504. The van der Waals surface area contributed by atoms with Crippen LogP contribution in [0.25, 0.3) is 22.6 Å². The molecule has 0 atom stereocenters. The molecule has 0 aliphatic rings. The highest BCUT2D eigenvalue weighted by atomic mass is 35.5. The average Bonchev–Trinajstić information content (AvgIpc) is 3.38. The first-order chi connectivity index (χ1) is 20.2. The first-order valence-electron chi connectivity index (χ1n) is 14.1. The number of benzene rings is 4. The molecule has 0 fully saturated rings. The van der Waals surface area contributed by atoms with Crippen molar-refractivity contribution >= 4 is 11.9 Å². The predicted octanol–water partition coefficient (Wildman–Crippen LogP) is 8.76. The quantitative estimate of drug-likeness (QED) is 0.143. The van der Waals surface area contributed by atoms with Gasteiger partial charge in [-0.2, -0.15) is 0 Å². The van der Waals surface area contributed by atoms with Gasteiger partial charge in [0.05, 0.1) is 18.5 Å². The van der Waals surface area contributed by atoms with Crippen molar-refractivity contribution in [1.29, 1.82) is 0 Å². The van der Waals surface area contributed by atoms with E-state index in [4.69, 9.17) is 25.9 Å². The molecule has 0 unspecified atom stereocenters. The fourth-order valence-corrected chi connectivity index (χ4v) is 5.32. The van der Waals surface area contributed by atoms with Gasteiger partial charge in [0.25, 0.3) is 0 Å². The Morgan fingerprint density at radius 1 is 0.732 bits per heavy atom. The van der Waals surface area contributed by atoms with E-state index in [0.717, 1.165) is 60.7 Å². The number of halogens is 1. The summed E-state index contributed by atoms with van der Waals surface area (Å²) in [5.41, 5.74) is 6.86. The summed E-state index contributed by atoms with van der Waals surface area (Å²) >= 11 is 5.67. The number of imidazole rings is 1. The van der Waals surface area contributed by atoms with Crippen LogP contribution in [0.15, 0.2) is 109 Å². The van der Waals surface area contributed by atoms with Crippen molar-refractivity contribution < 1.29 is 9.03 Å². The van der Waals surface area contributed by atoms with E-state index in [1.54, 1.807) is 7.11 Å². The second kappa shape index (κ2) is 14.0. The van der Waals surface area contributed by atoms with E-state index < -0.39 is 0 Å². The molecule has 0 bridgehead atoms. The number of hydrogen-bond acceptors (Lipinski definition) is 4. The molecule has 4 aromatic carbocycles. The lowest BCUT2D eigenvalue weighted by Crippen LogP contribution is -2.24. The maximum atomic E-state index is 5.67. The molecule has 0 saturated heterocycles. The maximum Gasteiger partial charge on any atom is 0.188 e. The minimum absolute atomic E-state index is 0.504. The van der Waals surface area contributed by atoms with E-state index in [9.17, 15) is 0 Å². The molecule has 0 amide bonds. The van der Waals surface area contributed by atoms with Gasteiger partial charge in [0.1, 0.15) is 17.7 Å². The van der Waals surface area contributed by atoms with Crippen molar-refractivity contribution in [2.24, 2.45) is 0 Å². The lowest BCUT2D eigenvalue weighted by molar-refractivity contribution is 0.241. The number of nitrogens with zero attached hydrogens (tertiary/aromatic N) is 3. The Hall–Kier alpha value is -4.06. The molecule has 5 aromatic rings. The SMILES string of the molecule is CCCCn1c(-c2ccccc2)nc(-c2ccccc2)c1CN(Cc1ccccc1)Cc1ccc(OCl)c(OC)c1. The number of methoxy groups -OCH3 is 1. The van der Waals surface area contributed by atoms with Crippen LogP contribution in [0.5, 0.6) is 11.5 Å². The summed E-state index contributed by atoms with van der Waals surface area (Å²) in [6.45, 7) is 5.36. The van der Waals surface area contributed by atoms with Crippen LogP contribution in [0.3, 0.4) is 0 Å². The third-order valence-corrected chi connectivity index (χ3v) is 7.39. The number of rotatable bonds is 13. The zero-order chi connectivity index (χ0) is 28.4. The van der Waals surface area contributed by atoms with Gasteiger partial charge in [0.2, 0.25) is 0 Å². The molecule has 0 N–H and O–H groups in total. The van der Waals surface area contributed by atoms with E-state index in [1.807, 2.05) is 18.2 Å². The second-order valence-electron chi connectivity index (χ2n) is 10.2. The van der Waals surface area contributed by atoms with Gasteiger partial charge in [-0.15, -0.1) is 0 Å². The Balaban J connectivity index is 1.60. The van der Waals surface area contributed by atoms with Crippen molar-refractivity contribution in [2.75, 3.05) is 7.11 Å². The van der Waals surface area contributed by atoms with Gasteiger partial charge in [-0.25, -0.2) is 4.98 Å². The van der Waals surface area contributed by atoms with Crippen molar-refractivity contribution in [3.8, 4) is 34.1 Å². The number of ether oxygens (including phenoxy) is 1. The first-order valence-corrected chi connectivity index (χ1v) is 14.4. The monoisotopic (exact) mass is 565 g/mol. The van der Waals surface area contributed by atoms with E-state index in [0.29, 0.717) is 18.0 Å². The zero-order valence-electron chi connectivity index (χ0n) is 23.7. The standard InChI is InChI=1S/C35H36ClN3O2/c1-3-4-22-39-31(34(29-16-10-6-11-17-29)37-35(39)30-18-12-7-13-19-30)26-38(24-27-14-8-5-9-15-27)25-28-20-21-32(41-36)33(23-28)40-2/h5-21,23H,3-4,22,24-26H2,1-2H3. The second-order valence-corrected chi connectivity index (χ2v) is 10.3. The predicted molar refractivity (Wildman–Crippen MR) is 167 cm³/mol. The Kier molecular flexibility index (Phi) is 9.74. The smallest absolute Gasteiger partial charge is 0.188 e. The van der Waals surface area contributed by atoms with Crippen LogP contribution in [0, 0.1) is 0 Å². The summed E-state index contributed by atoms with van der Waals surface area (Å²) in [6, 6.07) is 37.6. The molecule has 0 aliphatic heterocycles. The van der Waals surface area contributed by atoms with E-state index >= 15 is 0 Å². The van der Waals surface area contributed by atoms with Gasteiger partial charge in [-0.3, -0.25) is 4.90 Å². The third kappa shape index (κ3) is 6.99. The van der Waals surface area contributed by atoms with Crippen LogP contribution in [0.4, 0.5) is 0 Å². The molecule has 5 nitrogen and oxygen atoms in total. The fourth-order valence-electron chi connectivity index (χ4n) is 5.19. The largest absolute Gasteiger partial charge is 0.493 e. The Morgan fingerprint density at radius 2 is 1.37 bits per heavy atom. The van der Waals surface area contributed by atoms with Crippen molar-refractivity contribution in [1.82, 2.24) is 14.5 Å². The Labute approximate surface area is 248 Å². The number of hydrogen-bond donors (Lipinski definition) is 0. The molecule has 1 aromatic heterocycles. The van der Waals surface area contributed by atoms with Crippen LogP contribution in [0.2, 0.25) is 0 Å². The van der Waals surface area contributed by atoms with E-state index in [2.05, 4.69) is 107 Å². The van der Waals surface area contributed by atoms with Crippen LogP contribution in [-0.4, -0.2) is 21.6 Å². The molecular weight excluding hydrogens is 530 g/mol. The summed E-state index contributed by atoms with van der Waals surface area (Å²) in [7, 11) is 1.63. The van der Waals surface area contributed by atoms with Crippen LogP contribution in [-0.2, 0) is 26.2 Å². The summed E-state index contributed by atoms with van der Waals surface area (Å²) in [5.74, 6) is 2.13. The highest BCUT2D eigenvalue weighted by molar-refractivity contribution is 6.09. The topological polar surface area (TPSA) is 39.5 Å². The molecule has 6 heteroatoms. The lowest BCUT2D eigenvalue weighted by atomic mass is 10.1. The van der Waals surface area contributed by atoms with Gasteiger partial charge in [0.15, 0.2) is 11.5 Å². The van der Waals surface area contributed by atoms with Crippen LogP contribution < -0.4 is 9.03 Å². The van der Waals surface area contributed by atoms with Gasteiger partial charge >= 0.3 is 0 Å². The maximum absolute atomic E-state index is 5.67. The molecule has 0 spiro atoms. The summed E-state index contributed by atoms with van der Waals surface area (Å²) in [6.07, 6.45) is 2.18. The Bertz CT molecular complexity index is 1520. The molecule has 1 heterocycles. The molecule has 210 valence electrons. The van der Waals surface area contributed by atoms with Gasteiger partial charge in [0, 0.05) is 37.3 Å². The summed E-state index contributed by atoms with van der Waals surface area (Å²) in [5, 5.41) is 0. The number of unbranched alkanes of at least 4 members (excludes halogenated alkanes) is 1. The fraction of sp³-hybridized carbons (Fsp3) is 0.229. The molecule has 5 rings (SSSR count). The first kappa shape index (κ1) is 28.5. The zero-order valence-corrected chi connectivity index (χ0v) is 24.4. The van der Waals surface area contributed by atoms with Gasteiger partial charge in [-0.05, 0) is 29.7 Å². The third-order valence-electron chi connectivity index (χ3n) is 7.23. The highest BCUT2D eigenvalue weighted by Gasteiger charge is 2.22. The van der Waals surface area contributed by atoms with Gasteiger partial charge in [-0.1, -0.05) is 110 Å². The van der Waals surface area contributed by atoms with E-state index in [1.165, 1.54) is 11.3 Å². The van der Waals surface area contributed by atoms with E-state index in [-0.39, 0.29) is 0 Å². The van der Waals surface area contributed by atoms with Crippen LogP contribution in [0.1, 0.15) is 36.6 Å². The highest BCUT2D eigenvalue weighted by Crippen LogP contribution is 2.33. The summed E-state index contributed by atoms with van der Waals surface area (Å²) < 4.78 is 13.0.